The second kappa shape index (κ2) is 5.42. The monoisotopic (exact) mass is 215 g/mol. The minimum absolute atomic E-state index is 0.0853. The van der Waals surface area contributed by atoms with Gasteiger partial charge in [-0.05, 0) is 17.7 Å². The van der Waals surface area contributed by atoms with Gasteiger partial charge >= 0.3 is 0 Å². The quantitative estimate of drug-likeness (QED) is 0.526. The summed E-state index contributed by atoms with van der Waals surface area (Å²) in [5, 5.41) is 8.84. The molecule has 13 heavy (non-hydrogen) atoms. The highest BCUT2D eigenvalue weighted by molar-refractivity contribution is 7.81. The molecule has 0 amide bonds. The van der Waals surface area contributed by atoms with Crippen LogP contribution in [0.2, 0.25) is 0 Å². The standard InChI is InChI=1S/C9H13NOS2/c11-5-8-1-3-9(4-2-8)10(6-12)7-13/h1-4,11-13H,5-7H2. The molecule has 0 heterocycles. The number of hydrogen-bond donors (Lipinski definition) is 3. The summed E-state index contributed by atoms with van der Waals surface area (Å²) in [7, 11) is 0. The van der Waals surface area contributed by atoms with E-state index in [-0.39, 0.29) is 6.61 Å². The third-order valence-electron chi connectivity index (χ3n) is 1.83. The lowest BCUT2D eigenvalue weighted by Crippen LogP contribution is -2.18. The Morgan fingerprint density at radius 1 is 1.08 bits per heavy atom. The van der Waals surface area contributed by atoms with Crippen molar-refractivity contribution in [2.45, 2.75) is 6.61 Å². The Morgan fingerprint density at radius 2 is 1.62 bits per heavy atom. The van der Waals surface area contributed by atoms with E-state index in [4.69, 9.17) is 5.11 Å². The van der Waals surface area contributed by atoms with Crippen LogP contribution in [0.4, 0.5) is 5.69 Å². The number of anilines is 1. The maximum Gasteiger partial charge on any atom is 0.0681 e. The van der Waals surface area contributed by atoms with Gasteiger partial charge in [0.15, 0.2) is 0 Å². The van der Waals surface area contributed by atoms with Crippen molar-refractivity contribution in [2.24, 2.45) is 0 Å². The molecule has 0 fully saturated rings. The molecule has 0 saturated carbocycles. The third-order valence-corrected chi connectivity index (χ3v) is 2.51. The van der Waals surface area contributed by atoms with Gasteiger partial charge in [0, 0.05) is 5.69 Å². The number of hydrogen-bond acceptors (Lipinski definition) is 4. The molecule has 1 N–H and O–H groups in total. The average Bonchev–Trinajstić information content (AvgIpc) is 2.21. The van der Waals surface area contributed by atoms with Crippen molar-refractivity contribution < 1.29 is 5.11 Å². The number of aliphatic hydroxyl groups is 1. The summed E-state index contributed by atoms with van der Waals surface area (Å²) >= 11 is 8.37. The topological polar surface area (TPSA) is 23.5 Å². The van der Waals surface area contributed by atoms with E-state index in [0.29, 0.717) is 11.8 Å². The summed E-state index contributed by atoms with van der Waals surface area (Å²) < 4.78 is 0. The molecule has 1 aromatic carbocycles. The molecule has 72 valence electrons. The van der Waals surface area contributed by atoms with Crippen LogP contribution in [0.15, 0.2) is 24.3 Å². The molecule has 2 nitrogen and oxygen atoms in total. The van der Waals surface area contributed by atoms with Gasteiger partial charge < -0.3 is 10.0 Å². The van der Waals surface area contributed by atoms with Crippen molar-refractivity contribution in [3.8, 4) is 0 Å². The molecular formula is C9H13NOS2. The van der Waals surface area contributed by atoms with Gasteiger partial charge in [0.2, 0.25) is 0 Å². The first-order valence-electron chi connectivity index (χ1n) is 3.98. The second-order valence-electron chi connectivity index (χ2n) is 2.65. The molecular weight excluding hydrogens is 202 g/mol. The van der Waals surface area contributed by atoms with E-state index in [9.17, 15) is 0 Å². The summed E-state index contributed by atoms with van der Waals surface area (Å²) in [6.07, 6.45) is 0. The van der Waals surface area contributed by atoms with Crippen LogP contribution in [0.3, 0.4) is 0 Å². The number of nitrogens with zero attached hydrogens (tertiary/aromatic N) is 1. The fourth-order valence-corrected chi connectivity index (χ4v) is 1.70. The first-order valence-corrected chi connectivity index (χ1v) is 5.24. The van der Waals surface area contributed by atoms with Crippen LogP contribution < -0.4 is 4.90 Å². The molecule has 0 aliphatic carbocycles. The molecule has 0 unspecified atom stereocenters. The minimum atomic E-state index is 0.0853. The Hall–Kier alpha value is -0.320. The van der Waals surface area contributed by atoms with E-state index < -0.39 is 0 Å². The van der Waals surface area contributed by atoms with Gasteiger partial charge in [-0.2, -0.15) is 25.3 Å². The zero-order valence-corrected chi connectivity index (χ0v) is 9.01. The fraction of sp³-hybridized carbons (Fsp3) is 0.333. The summed E-state index contributed by atoms with van der Waals surface area (Å²) in [5.41, 5.74) is 1.99. The normalized spacial score (nSPS) is 10.1. The lowest BCUT2D eigenvalue weighted by Gasteiger charge is -2.19. The van der Waals surface area contributed by atoms with E-state index >= 15 is 0 Å². The lowest BCUT2D eigenvalue weighted by atomic mass is 10.2. The Labute approximate surface area is 89.4 Å². The van der Waals surface area contributed by atoms with Gasteiger partial charge in [-0.15, -0.1) is 0 Å². The van der Waals surface area contributed by atoms with Crippen LogP contribution in [0, 0.1) is 0 Å². The van der Waals surface area contributed by atoms with Crippen LogP contribution >= 0.6 is 25.3 Å². The number of thiol groups is 2. The van der Waals surface area contributed by atoms with Gasteiger partial charge in [-0.1, -0.05) is 12.1 Å². The second-order valence-corrected chi connectivity index (χ2v) is 3.21. The minimum Gasteiger partial charge on any atom is -0.392 e. The van der Waals surface area contributed by atoms with Crippen LogP contribution in [0.1, 0.15) is 5.56 Å². The summed E-state index contributed by atoms with van der Waals surface area (Å²) in [4.78, 5) is 2.01. The Bertz CT molecular complexity index is 246. The molecule has 0 aliphatic heterocycles. The first kappa shape index (κ1) is 10.8. The maximum absolute atomic E-state index is 8.84. The molecule has 0 saturated heterocycles. The lowest BCUT2D eigenvalue weighted by molar-refractivity contribution is 0.282. The molecule has 4 heteroatoms. The van der Waals surface area contributed by atoms with Crippen molar-refractivity contribution in [3.63, 3.8) is 0 Å². The summed E-state index contributed by atoms with van der Waals surface area (Å²) in [5.74, 6) is 1.28. The van der Waals surface area contributed by atoms with E-state index in [2.05, 4.69) is 25.3 Å². The van der Waals surface area contributed by atoms with E-state index in [0.717, 1.165) is 11.3 Å². The highest BCUT2D eigenvalue weighted by Gasteiger charge is 2.00. The van der Waals surface area contributed by atoms with Gasteiger partial charge in [-0.3, -0.25) is 0 Å². The van der Waals surface area contributed by atoms with Gasteiger partial charge in [-0.25, -0.2) is 0 Å². The molecule has 0 aliphatic rings. The van der Waals surface area contributed by atoms with Crippen LogP contribution in [-0.4, -0.2) is 16.9 Å². The maximum atomic E-state index is 8.84. The zero-order valence-electron chi connectivity index (χ0n) is 7.22. The molecule has 0 aromatic heterocycles. The highest BCUT2D eigenvalue weighted by Crippen LogP contribution is 2.16. The number of benzene rings is 1. The third kappa shape index (κ3) is 2.83. The summed E-state index contributed by atoms with van der Waals surface area (Å²) in [6.45, 7) is 0.0853. The van der Waals surface area contributed by atoms with Crippen molar-refractivity contribution in [1.29, 1.82) is 0 Å². The van der Waals surface area contributed by atoms with E-state index in [1.807, 2.05) is 29.2 Å². The Balaban J connectivity index is 2.78. The van der Waals surface area contributed by atoms with Gasteiger partial charge in [0.05, 0.1) is 18.4 Å². The highest BCUT2D eigenvalue weighted by atomic mass is 32.1. The summed E-state index contributed by atoms with van der Waals surface area (Å²) in [6, 6.07) is 7.71. The number of rotatable bonds is 4. The largest absolute Gasteiger partial charge is 0.392 e. The molecule has 0 spiro atoms. The van der Waals surface area contributed by atoms with Crippen molar-refractivity contribution in [1.82, 2.24) is 0 Å². The van der Waals surface area contributed by atoms with Crippen molar-refractivity contribution in [3.05, 3.63) is 29.8 Å². The van der Waals surface area contributed by atoms with Crippen LogP contribution in [0.5, 0.6) is 0 Å². The molecule has 1 aromatic rings. The van der Waals surface area contributed by atoms with Crippen molar-refractivity contribution >= 4 is 30.9 Å². The van der Waals surface area contributed by atoms with Crippen LogP contribution in [0.25, 0.3) is 0 Å². The molecule has 1 rings (SSSR count). The predicted molar refractivity (Wildman–Crippen MR) is 62.5 cm³/mol. The van der Waals surface area contributed by atoms with E-state index in [1.54, 1.807) is 0 Å². The van der Waals surface area contributed by atoms with Crippen LogP contribution in [-0.2, 0) is 6.61 Å². The molecule has 0 bridgehead atoms. The Kier molecular flexibility index (Phi) is 4.48. The van der Waals surface area contributed by atoms with Crippen molar-refractivity contribution in [2.75, 3.05) is 16.7 Å². The number of aliphatic hydroxyl groups excluding tert-OH is 1. The predicted octanol–water partition coefficient (Wildman–Crippen LogP) is 1.76. The molecule has 0 atom stereocenters. The Morgan fingerprint density at radius 3 is 2.00 bits per heavy atom. The SMILES string of the molecule is OCc1ccc(N(CS)CS)cc1. The molecule has 0 radical (unpaired) electrons. The van der Waals surface area contributed by atoms with E-state index in [1.165, 1.54) is 0 Å². The van der Waals surface area contributed by atoms with Gasteiger partial charge in [0.25, 0.3) is 0 Å². The fourth-order valence-electron chi connectivity index (χ4n) is 1.02. The first-order chi connectivity index (χ1) is 6.31. The smallest absolute Gasteiger partial charge is 0.0681 e. The van der Waals surface area contributed by atoms with Gasteiger partial charge in [0.1, 0.15) is 0 Å². The zero-order chi connectivity index (χ0) is 9.68. The average molecular weight is 215 g/mol.